The van der Waals surface area contributed by atoms with Crippen LogP contribution in [0.1, 0.15) is 32.1 Å². The Hall–Kier alpha value is -0.370. The first kappa shape index (κ1) is 8.24. The summed E-state index contributed by atoms with van der Waals surface area (Å²) in [6.07, 6.45) is 6.96. The SMILES string of the molecule is O=CC1([C@H]2CCCOC2)CCC1. The lowest BCUT2D eigenvalue weighted by Crippen LogP contribution is -2.42. The Labute approximate surface area is 73.3 Å². The molecule has 2 fully saturated rings. The van der Waals surface area contributed by atoms with Crippen molar-refractivity contribution in [2.75, 3.05) is 13.2 Å². The summed E-state index contributed by atoms with van der Waals surface area (Å²) in [6.45, 7) is 1.71. The summed E-state index contributed by atoms with van der Waals surface area (Å²) in [4.78, 5) is 11.0. The van der Waals surface area contributed by atoms with E-state index >= 15 is 0 Å². The van der Waals surface area contributed by atoms with Gasteiger partial charge in [-0.3, -0.25) is 0 Å². The maximum Gasteiger partial charge on any atom is 0.126 e. The molecule has 0 spiro atoms. The van der Waals surface area contributed by atoms with E-state index in [1.165, 1.54) is 19.1 Å². The first-order valence-corrected chi connectivity index (χ1v) is 4.91. The van der Waals surface area contributed by atoms with Gasteiger partial charge in [0.1, 0.15) is 6.29 Å². The molecule has 68 valence electrons. The summed E-state index contributed by atoms with van der Waals surface area (Å²) < 4.78 is 5.41. The van der Waals surface area contributed by atoms with Crippen LogP contribution >= 0.6 is 0 Å². The Morgan fingerprint density at radius 1 is 1.33 bits per heavy atom. The van der Waals surface area contributed by atoms with E-state index in [2.05, 4.69) is 0 Å². The van der Waals surface area contributed by atoms with Crippen molar-refractivity contribution in [3.63, 3.8) is 0 Å². The molecule has 0 N–H and O–H groups in total. The van der Waals surface area contributed by atoms with Crippen molar-refractivity contribution in [2.45, 2.75) is 32.1 Å². The van der Waals surface area contributed by atoms with Gasteiger partial charge in [-0.05, 0) is 31.6 Å². The summed E-state index contributed by atoms with van der Waals surface area (Å²) in [6, 6.07) is 0. The molecule has 1 saturated carbocycles. The third-order valence-electron chi connectivity index (χ3n) is 3.49. The molecular weight excluding hydrogens is 152 g/mol. The highest BCUT2D eigenvalue weighted by Crippen LogP contribution is 2.47. The first-order valence-electron chi connectivity index (χ1n) is 4.91. The molecule has 2 nitrogen and oxygen atoms in total. The summed E-state index contributed by atoms with van der Waals surface area (Å²) in [5, 5.41) is 0. The van der Waals surface area contributed by atoms with Gasteiger partial charge in [0.2, 0.25) is 0 Å². The van der Waals surface area contributed by atoms with Crippen LogP contribution in [-0.2, 0) is 9.53 Å². The number of hydrogen-bond donors (Lipinski definition) is 0. The van der Waals surface area contributed by atoms with Crippen molar-refractivity contribution in [2.24, 2.45) is 11.3 Å². The first-order chi connectivity index (χ1) is 5.87. The minimum absolute atomic E-state index is 0.0282. The van der Waals surface area contributed by atoms with E-state index in [0.29, 0.717) is 5.92 Å². The summed E-state index contributed by atoms with van der Waals surface area (Å²) in [7, 11) is 0. The van der Waals surface area contributed by atoms with Crippen LogP contribution in [0.4, 0.5) is 0 Å². The summed E-state index contributed by atoms with van der Waals surface area (Å²) in [5.41, 5.74) is 0.0282. The van der Waals surface area contributed by atoms with Crippen molar-refractivity contribution in [3.05, 3.63) is 0 Å². The molecule has 0 amide bonds. The minimum Gasteiger partial charge on any atom is -0.381 e. The number of hydrogen-bond acceptors (Lipinski definition) is 2. The van der Waals surface area contributed by atoms with Crippen LogP contribution in [0.2, 0.25) is 0 Å². The molecule has 0 aromatic heterocycles. The van der Waals surface area contributed by atoms with Gasteiger partial charge in [0.15, 0.2) is 0 Å². The van der Waals surface area contributed by atoms with Crippen molar-refractivity contribution < 1.29 is 9.53 Å². The van der Waals surface area contributed by atoms with Crippen LogP contribution < -0.4 is 0 Å². The largest absolute Gasteiger partial charge is 0.381 e. The molecule has 0 bridgehead atoms. The number of ether oxygens (including phenoxy) is 1. The fraction of sp³-hybridized carbons (Fsp3) is 0.900. The van der Waals surface area contributed by atoms with Gasteiger partial charge in [-0.25, -0.2) is 0 Å². The molecule has 0 aromatic rings. The molecule has 1 aliphatic carbocycles. The molecule has 2 rings (SSSR count). The predicted molar refractivity (Wildman–Crippen MR) is 45.9 cm³/mol. The van der Waals surface area contributed by atoms with Crippen LogP contribution in [0.3, 0.4) is 0 Å². The number of rotatable bonds is 2. The molecule has 1 atom stereocenters. The van der Waals surface area contributed by atoms with Crippen LogP contribution in [0.25, 0.3) is 0 Å². The second kappa shape index (κ2) is 3.17. The van der Waals surface area contributed by atoms with Crippen LogP contribution in [0.15, 0.2) is 0 Å². The quantitative estimate of drug-likeness (QED) is 0.587. The molecule has 0 aromatic carbocycles. The average molecular weight is 168 g/mol. The Kier molecular flexibility index (Phi) is 2.18. The molecule has 1 aliphatic heterocycles. The zero-order chi connectivity index (χ0) is 8.44. The second-order valence-electron chi connectivity index (χ2n) is 4.12. The fourth-order valence-corrected chi connectivity index (χ4v) is 2.40. The molecule has 1 saturated heterocycles. The molecule has 2 aliphatic rings. The minimum atomic E-state index is 0.0282. The molecule has 0 unspecified atom stereocenters. The molecule has 1 heterocycles. The zero-order valence-electron chi connectivity index (χ0n) is 7.42. The van der Waals surface area contributed by atoms with E-state index in [1.807, 2.05) is 0 Å². The number of carbonyl (C=O) groups is 1. The van der Waals surface area contributed by atoms with E-state index in [4.69, 9.17) is 4.74 Å². The topological polar surface area (TPSA) is 26.3 Å². The Morgan fingerprint density at radius 2 is 2.17 bits per heavy atom. The maximum absolute atomic E-state index is 11.0. The Balaban J connectivity index is 1.99. The summed E-state index contributed by atoms with van der Waals surface area (Å²) >= 11 is 0. The zero-order valence-corrected chi connectivity index (χ0v) is 7.42. The van der Waals surface area contributed by atoms with Gasteiger partial charge in [-0.15, -0.1) is 0 Å². The van der Waals surface area contributed by atoms with Gasteiger partial charge in [-0.1, -0.05) is 6.42 Å². The van der Waals surface area contributed by atoms with Crippen LogP contribution in [0, 0.1) is 11.3 Å². The Morgan fingerprint density at radius 3 is 2.58 bits per heavy atom. The molecule has 2 heteroatoms. The maximum atomic E-state index is 11.0. The van der Waals surface area contributed by atoms with Crippen LogP contribution in [0.5, 0.6) is 0 Å². The third kappa shape index (κ3) is 1.18. The van der Waals surface area contributed by atoms with Gasteiger partial charge in [0.05, 0.1) is 6.61 Å². The molecule has 0 radical (unpaired) electrons. The van der Waals surface area contributed by atoms with Gasteiger partial charge in [0.25, 0.3) is 0 Å². The van der Waals surface area contributed by atoms with E-state index in [0.717, 1.165) is 32.5 Å². The second-order valence-corrected chi connectivity index (χ2v) is 4.12. The van der Waals surface area contributed by atoms with E-state index in [-0.39, 0.29) is 5.41 Å². The van der Waals surface area contributed by atoms with Gasteiger partial charge < -0.3 is 9.53 Å². The highest BCUT2D eigenvalue weighted by atomic mass is 16.5. The summed E-state index contributed by atoms with van der Waals surface area (Å²) in [5.74, 6) is 0.525. The lowest BCUT2D eigenvalue weighted by Gasteiger charge is -2.44. The van der Waals surface area contributed by atoms with Crippen molar-refractivity contribution in [1.82, 2.24) is 0 Å². The van der Waals surface area contributed by atoms with Crippen molar-refractivity contribution >= 4 is 6.29 Å². The van der Waals surface area contributed by atoms with Crippen molar-refractivity contribution in [3.8, 4) is 0 Å². The van der Waals surface area contributed by atoms with Crippen LogP contribution in [-0.4, -0.2) is 19.5 Å². The standard InChI is InChI=1S/C10H16O2/c11-8-10(4-2-5-10)9-3-1-6-12-7-9/h8-9H,1-7H2/t9-/m0/s1. The normalized spacial score (nSPS) is 33.8. The fourth-order valence-electron chi connectivity index (χ4n) is 2.40. The lowest BCUT2D eigenvalue weighted by atomic mass is 9.61. The van der Waals surface area contributed by atoms with E-state index in [1.54, 1.807) is 0 Å². The molecular formula is C10H16O2. The lowest BCUT2D eigenvalue weighted by molar-refractivity contribution is -0.130. The highest BCUT2D eigenvalue weighted by molar-refractivity contribution is 5.61. The number of carbonyl (C=O) groups excluding carboxylic acids is 1. The van der Waals surface area contributed by atoms with E-state index < -0.39 is 0 Å². The van der Waals surface area contributed by atoms with Gasteiger partial charge >= 0.3 is 0 Å². The van der Waals surface area contributed by atoms with Crippen molar-refractivity contribution in [1.29, 1.82) is 0 Å². The highest BCUT2D eigenvalue weighted by Gasteiger charge is 2.44. The number of aldehydes is 1. The smallest absolute Gasteiger partial charge is 0.126 e. The van der Waals surface area contributed by atoms with Gasteiger partial charge in [0, 0.05) is 12.0 Å². The predicted octanol–water partition coefficient (Wildman–Crippen LogP) is 1.78. The van der Waals surface area contributed by atoms with E-state index in [9.17, 15) is 4.79 Å². The third-order valence-corrected chi connectivity index (χ3v) is 3.49. The molecule has 12 heavy (non-hydrogen) atoms. The van der Waals surface area contributed by atoms with Gasteiger partial charge in [-0.2, -0.15) is 0 Å². The monoisotopic (exact) mass is 168 g/mol. The Bertz CT molecular complexity index is 167. The average Bonchev–Trinajstić information content (AvgIpc) is 2.05.